The predicted molar refractivity (Wildman–Crippen MR) is 81.4 cm³/mol. The lowest BCUT2D eigenvalue weighted by atomic mass is 10.1. The molecule has 0 N–H and O–H groups in total. The summed E-state index contributed by atoms with van der Waals surface area (Å²) in [6, 6.07) is 16.6. The van der Waals surface area contributed by atoms with E-state index in [1.54, 1.807) is 18.2 Å². The zero-order valence-corrected chi connectivity index (χ0v) is 12.3. The third-order valence-electron chi connectivity index (χ3n) is 3.38. The van der Waals surface area contributed by atoms with Gasteiger partial charge in [-0.25, -0.2) is 8.42 Å². The predicted octanol–water partition coefficient (Wildman–Crippen LogP) is 3.77. The van der Waals surface area contributed by atoms with Crippen molar-refractivity contribution < 1.29 is 8.42 Å². The Morgan fingerprint density at radius 2 is 1.65 bits per heavy atom. The van der Waals surface area contributed by atoms with E-state index >= 15 is 0 Å². The second-order valence-corrected chi connectivity index (χ2v) is 7.12. The van der Waals surface area contributed by atoms with Gasteiger partial charge >= 0.3 is 0 Å². The minimum atomic E-state index is -3.78. The van der Waals surface area contributed by atoms with Gasteiger partial charge in [0.15, 0.2) is 0 Å². The van der Waals surface area contributed by atoms with Crippen LogP contribution in [0.15, 0.2) is 59.5 Å². The largest absolute Gasteiger partial charge is 0.344 e. The van der Waals surface area contributed by atoms with Gasteiger partial charge in [-0.2, -0.15) is 0 Å². The molecule has 3 aromatic rings. The minimum absolute atomic E-state index is 0.132. The van der Waals surface area contributed by atoms with Crippen molar-refractivity contribution in [3.63, 3.8) is 0 Å². The molecule has 102 valence electrons. The molecule has 0 amide bonds. The molecule has 0 fully saturated rings. The smallest absolute Gasteiger partial charge is 0.261 e. The van der Waals surface area contributed by atoms with Crippen molar-refractivity contribution in [2.24, 2.45) is 7.05 Å². The molecule has 0 saturated heterocycles. The maximum Gasteiger partial charge on any atom is 0.261 e. The molecule has 0 spiro atoms. The fourth-order valence-electron chi connectivity index (χ4n) is 2.44. The van der Waals surface area contributed by atoms with E-state index in [0.29, 0.717) is 5.56 Å². The Kier molecular flexibility index (Phi) is 3.07. The first-order valence-electron chi connectivity index (χ1n) is 6.07. The maximum atomic E-state index is 11.7. The van der Waals surface area contributed by atoms with Crippen LogP contribution in [0.4, 0.5) is 0 Å². The number of nitrogens with zero attached hydrogens (tertiary/aromatic N) is 1. The van der Waals surface area contributed by atoms with E-state index in [0.717, 1.165) is 16.6 Å². The van der Waals surface area contributed by atoms with E-state index in [2.05, 4.69) is 0 Å². The van der Waals surface area contributed by atoms with Gasteiger partial charge in [-0.1, -0.05) is 36.4 Å². The molecule has 3 nitrogen and oxygen atoms in total. The number of aromatic nitrogens is 1. The van der Waals surface area contributed by atoms with Crippen molar-refractivity contribution in [2.45, 2.75) is 4.90 Å². The molecule has 5 heteroatoms. The summed E-state index contributed by atoms with van der Waals surface area (Å²) < 4.78 is 25.4. The van der Waals surface area contributed by atoms with E-state index in [9.17, 15) is 8.42 Å². The van der Waals surface area contributed by atoms with Gasteiger partial charge in [-0.3, -0.25) is 0 Å². The fourth-order valence-corrected chi connectivity index (χ4v) is 3.52. The van der Waals surface area contributed by atoms with Gasteiger partial charge in [0.25, 0.3) is 9.05 Å². The van der Waals surface area contributed by atoms with Crippen LogP contribution >= 0.6 is 10.7 Å². The van der Waals surface area contributed by atoms with Crippen LogP contribution < -0.4 is 0 Å². The molecule has 0 aliphatic carbocycles. The molecule has 0 aliphatic rings. The monoisotopic (exact) mass is 305 g/mol. The van der Waals surface area contributed by atoms with Crippen LogP contribution in [-0.2, 0) is 16.1 Å². The number of benzene rings is 2. The topological polar surface area (TPSA) is 39.1 Å². The first-order chi connectivity index (χ1) is 9.48. The normalized spacial score (nSPS) is 11.9. The van der Waals surface area contributed by atoms with Gasteiger partial charge in [0, 0.05) is 34.2 Å². The summed E-state index contributed by atoms with van der Waals surface area (Å²) in [7, 11) is 3.66. The molecule has 0 bridgehead atoms. The number of aryl methyl sites for hydroxylation is 1. The SMILES string of the molecule is Cn1c(-c2ccccc2S(=O)(=O)Cl)cc2ccccc21. The van der Waals surface area contributed by atoms with Crippen molar-refractivity contribution in [1.29, 1.82) is 0 Å². The highest BCUT2D eigenvalue weighted by Gasteiger charge is 2.18. The molecule has 20 heavy (non-hydrogen) atoms. The van der Waals surface area contributed by atoms with Gasteiger partial charge in [-0.05, 0) is 18.2 Å². The lowest BCUT2D eigenvalue weighted by molar-refractivity contribution is 0.610. The number of fused-ring (bicyclic) bond motifs is 1. The van der Waals surface area contributed by atoms with Crippen LogP contribution in [0.5, 0.6) is 0 Å². The Hall–Kier alpha value is -1.78. The van der Waals surface area contributed by atoms with Crippen LogP contribution in [-0.4, -0.2) is 13.0 Å². The second kappa shape index (κ2) is 4.65. The highest BCUT2D eigenvalue weighted by molar-refractivity contribution is 8.13. The molecular formula is C15H12ClNO2S. The van der Waals surface area contributed by atoms with Crippen molar-refractivity contribution in [2.75, 3.05) is 0 Å². The van der Waals surface area contributed by atoms with E-state index in [-0.39, 0.29) is 4.90 Å². The fraction of sp³-hybridized carbons (Fsp3) is 0.0667. The third-order valence-corrected chi connectivity index (χ3v) is 4.76. The molecule has 1 aromatic heterocycles. The lowest BCUT2D eigenvalue weighted by Crippen LogP contribution is -1.98. The zero-order valence-electron chi connectivity index (χ0n) is 10.7. The van der Waals surface area contributed by atoms with Crippen molar-refractivity contribution in [3.05, 3.63) is 54.6 Å². The van der Waals surface area contributed by atoms with Crippen LogP contribution in [0.25, 0.3) is 22.2 Å². The van der Waals surface area contributed by atoms with Gasteiger partial charge in [-0.15, -0.1) is 0 Å². The highest BCUT2D eigenvalue weighted by atomic mass is 35.7. The molecule has 2 aromatic carbocycles. The minimum Gasteiger partial charge on any atom is -0.344 e. The molecule has 3 rings (SSSR count). The quantitative estimate of drug-likeness (QED) is 0.676. The Bertz CT molecular complexity index is 897. The van der Waals surface area contributed by atoms with E-state index in [4.69, 9.17) is 10.7 Å². The summed E-state index contributed by atoms with van der Waals surface area (Å²) in [6.45, 7) is 0. The van der Waals surface area contributed by atoms with E-state index in [1.165, 1.54) is 6.07 Å². The number of halogens is 1. The summed E-state index contributed by atoms with van der Waals surface area (Å²) in [5.41, 5.74) is 2.48. The van der Waals surface area contributed by atoms with Crippen molar-refractivity contribution in [3.8, 4) is 11.3 Å². The van der Waals surface area contributed by atoms with Gasteiger partial charge < -0.3 is 4.57 Å². The number of para-hydroxylation sites is 1. The Morgan fingerprint density at radius 1 is 1.00 bits per heavy atom. The Labute approximate surface area is 121 Å². The Morgan fingerprint density at radius 3 is 2.35 bits per heavy atom. The van der Waals surface area contributed by atoms with Gasteiger partial charge in [0.05, 0.1) is 10.6 Å². The molecule has 0 saturated carbocycles. The standard InChI is InChI=1S/C15H12ClNO2S/c1-17-13-8-4-2-6-11(13)10-14(17)12-7-3-5-9-15(12)20(16,18)19/h2-10H,1H3. The van der Waals surface area contributed by atoms with Crippen LogP contribution in [0.1, 0.15) is 0 Å². The average Bonchev–Trinajstić information content (AvgIpc) is 2.76. The molecule has 0 radical (unpaired) electrons. The van der Waals surface area contributed by atoms with Crippen molar-refractivity contribution >= 4 is 30.6 Å². The molecule has 0 unspecified atom stereocenters. The molecule has 0 atom stereocenters. The number of hydrogen-bond donors (Lipinski definition) is 0. The van der Waals surface area contributed by atoms with Crippen LogP contribution in [0.3, 0.4) is 0 Å². The average molecular weight is 306 g/mol. The summed E-state index contributed by atoms with van der Waals surface area (Å²) in [5, 5.41) is 1.06. The van der Waals surface area contributed by atoms with Gasteiger partial charge in [0.2, 0.25) is 0 Å². The second-order valence-electron chi connectivity index (χ2n) is 4.58. The molecule has 1 heterocycles. The first kappa shape index (κ1) is 13.2. The zero-order chi connectivity index (χ0) is 14.3. The summed E-state index contributed by atoms with van der Waals surface area (Å²) >= 11 is 0. The van der Waals surface area contributed by atoms with E-state index in [1.807, 2.05) is 41.9 Å². The maximum absolute atomic E-state index is 11.7. The number of rotatable bonds is 2. The summed E-state index contributed by atoms with van der Waals surface area (Å²) in [4.78, 5) is 0.132. The van der Waals surface area contributed by atoms with Crippen molar-refractivity contribution in [1.82, 2.24) is 4.57 Å². The summed E-state index contributed by atoms with van der Waals surface area (Å²) in [6.07, 6.45) is 0. The number of hydrogen-bond acceptors (Lipinski definition) is 2. The highest BCUT2D eigenvalue weighted by Crippen LogP contribution is 2.32. The summed E-state index contributed by atoms with van der Waals surface area (Å²) in [5.74, 6) is 0. The first-order valence-corrected chi connectivity index (χ1v) is 8.38. The Balaban J connectivity index is 2.35. The molecular weight excluding hydrogens is 294 g/mol. The molecule has 0 aliphatic heterocycles. The third kappa shape index (κ3) is 2.11. The lowest BCUT2D eigenvalue weighted by Gasteiger charge is -2.08. The van der Waals surface area contributed by atoms with Crippen LogP contribution in [0, 0.1) is 0 Å². The van der Waals surface area contributed by atoms with Gasteiger partial charge in [0.1, 0.15) is 0 Å². The van der Waals surface area contributed by atoms with Crippen LogP contribution in [0.2, 0.25) is 0 Å². The van der Waals surface area contributed by atoms with E-state index < -0.39 is 9.05 Å².